The Labute approximate surface area is 170 Å². The highest BCUT2D eigenvalue weighted by atomic mass is 35.5. The summed E-state index contributed by atoms with van der Waals surface area (Å²) < 4.78 is 7.10. The Bertz CT molecular complexity index is 974. The quantitative estimate of drug-likeness (QED) is 0.541. The molecular formula is C18H18ClN5O3S. The van der Waals surface area contributed by atoms with Crippen LogP contribution in [-0.2, 0) is 16.1 Å². The number of rotatable bonds is 8. The second-order valence-corrected chi connectivity index (χ2v) is 7.66. The van der Waals surface area contributed by atoms with Gasteiger partial charge in [-0.2, -0.15) is 0 Å². The van der Waals surface area contributed by atoms with Crippen molar-refractivity contribution in [3.05, 3.63) is 47.7 Å². The summed E-state index contributed by atoms with van der Waals surface area (Å²) in [6, 6.07) is 10.4. The molecule has 0 fully saturated rings. The summed E-state index contributed by atoms with van der Waals surface area (Å²) in [5.74, 6) is 0.328. The van der Waals surface area contributed by atoms with Crippen molar-refractivity contribution in [3.8, 4) is 11.6 Å². The van der Waals surface area contributed by atoms with Crippen molar-refractivity contribution in [2.75, 3.05) is 5.32 Å². The fourth-order valence-corrected chi connectivity index (χ4v) is 3.47. The van der Waals surface area contributed by atoms with Crippen LogP contribution in [0.3, 0.4) is 0 Å². The number of aromatic nitrogens is 3. The van der Waals surface area contributed by atoms with E-state index in [1.807, 2.05) is 0 Å². The minimum absolute atomic E-state index is 0.113. The average Bonchev–Trinajstić information content (AvgIpc) is 3.29. The third-order valence-electron chi connectivity index (χ3n) is 3.78. The summed E-state index contributed by atoms with van der Waals surface area (Å²) in [6.45, 7) is 2.04. The smallest absolute Gasteiger partial charge is 0.237 e. The maximum absolute atomic E-state index is 12.5. The van der Waals surface area contributed by atoms with Crippen molar-refractivity contribution in [1.82, 2.24) is 14.8 Å². The SMILES string of the molecule is CC(Sc1nnc(-c2ccco2)n1CCC(N)=O)C(=O)Nc1cccc(Cl)c1. The molecule has 0 radical (unpaired) electrons. The van der Waals surface area contributed by atoms with E-state index in [0.29, 0.717) is 27.5 Å². The number of amides is 2. The molecule has 146 valence electrons. The lowest BCUT2D eigenvalue weighted by Crippen LogP contribution is -2.23. The van der Waals surface area contributed by atoms with Gasteiger partial charge in [0.15, 0.2) is 16.7 Å². The number of nitrogens with one attached hydrogen (secondary N) is 1. The third kappa shape index (κ3) is 4.93. The molecule has 0 aliphatic rings. The van der Waals surface area contributed by atoms with Gasteiger partial charge in [0.2, 0.25) is 11.8 Å². The molecule has 2 aromatic heterocycles. The highest BCUT2D eigenvalue weighted by Crippen LogP contribution is 2.28. The number of hydrogen-bond acceptors (Lipinski definition) is 6. The van der Waals surface area contributed by atoms with E-state index < -0.39 is 11.2 Å². The first-order valence-electron chi connectivity index (χ1n) is 8.42. The van der Waals surface area contributed by atoms with Crippen molar-refractivity contribution in [1.29, 1.82) is 0 Å². The Morgan fingerprint density at radius 3 is 2.82 bits per heavy atom. The van der Waals surface area contributed by atoms with Gasteiger partial charge in [-0.05, 0) is 37.3 Å². The molecule has 3 N–H and O–H groups in total. The third-order valence-corrected chi connectivity index (χ3v) is 5.10. The Morgan fingerprint density at radius 2 is 2.14 bits per heavy atom. The number of nitrogens with zero attached hydrogens (tertiary/aromatic N) is 3. The molecule has 0 aliphatic heterocycles. The topological polar surface area (TPSA) is 116 Å². The Balaban J connectivity index is 1.76. The van der Waals surface area contributed by atoms with E-state index in [-0.39, 0.29) is 18.9 Å². The van der Waals surface area contributed by atoms with Gasteiger partial charge >= 0.3 is 0 Å². The van der Waals surface area contributed by atoms with Crippen LogP contribution >= 0.6 is 23.4 Å². The molecule has 0 bridgehead atoms. The van der Waals surface area contributed by atoms with E-state index in [0.717, 1.165) is 0 Å². The molecule has 1 aromatic carbocycles. The van der Waals surface area contributed by atoms with Gasteiger partial charge in [0.1, 0.15) is 0 Å². The van der Waals surface area contributed by atoms with Crippen LogP contribution in [0, 0.1) is 0 Å². The second-order valence-electron chi connectivity index (χ2n) is 5.91. The van der Waals surface area contributed by atoms with Gasteiger partial charge in [-0.15, -0.1) is 10.2 Å². The van der Waals surface area contributed by atoms with Gasteiger partial charge in [-0.3, -0.25) is 14.2 Å². The van der Waals surface area contributed by atoms with Gasteiger partial charge in [-0.1, -0.05) is 29.4 Å². The molecule has 8 nitrogen and oxygen atoms in total. The molecule has 0 aliphatic carbocycles. The van der Waals surface area contributed by atoms with Gasteiger partial charge in [0.05, 0.1) is 11.5 Å². The predicted octanol–water partition coefficient (Wildman–Crippen LogP) is 3.19. The fraction of sp³-hybridized carbons (Fsp3) is 0.222. The molecule has 10 heteroatoms. The summed E-state index contributed by atoms with van der Waals surface area (Å²) in [5.41, 5.74) is 5.89. The highest BCUT2D eigenvalue weighted by molar-refractivity contribution is 8.00. The largest absolute Gasteiger partial charge is 0.461 e. The van der Waals surface area contributed by atoms with Crippen LogP contribution in [0.2, 0.25) is 5.02 Å². The second kappa shape index (κ2) is 8.94. The molecule has 3 rings (SSSR count). The zero-order chi connectivity index (χ0) is 20.1. The number of halogens is 1. The first-order valence-corrected chi connectivity index (χ1v) is 9.68. The highest BCUT2D eigenvalue weighted by Gasteiger charge is 2.22. The van der Waals surface area contributed by atoms with E-state index in [1.54, 1.807) is 47.9 Å². The lowest BCUT2D eigenvalue weighted by molar-refractivity contribution is -0.118. The summed E-state index contributed by atoms with van der Waals surface area (Å²) in [7, 11) is 0. The lowest BCUT2D eigenvalue weighted by atomic mass is 10.3. The molecule has 2 amide bonds. The first kappa shape index (κ1) is 20.0. The van der Waals surface area contributed by atoms with Crippen LogP contribution in [0.15, 0.2) is 52.2 Å². The van der Waals surface area contributed by atoms with Gasteiger partial charge in [-0.25, -0.2) is 0 Å². The molecular weight excluding hydrogens is 402 g/mol. The van der Waals surface area contributed by atoms with Crippen LogP contribution < -0.4 is 11.1 Å². The van der Waals surface area contributed by atoms with Gasteiger partial charge < -0.3 is 15.5 Å². The Morgan fingerprint density at radius 1 is 1.32 bits per heavy atom. The monoisotopic (exact) mass is 419 g/mol. The normalized spacial score (nSPS) is 11.9. The average molecular weight is 420 g/mol. The van der Waals surface area contributed by atoms with Crippen molar-refractivity contribution in [2.45, 2.75) is 30.3 Å². The van der Waals surface area contributed by atoms with Crippen molar-refractivity contribution in [2.24, 2.45) is 5.73 Å². The van der Waals surface area contributed by atoms with Gasteiger partial charge in [0, 0.05) is 23.7 Å². The minimum Gasteiger partial charge on any atom is -0.461 e. The number of furan rings is 1. The van der Waals surface area contributed by atoms with Gasteiger partial charge in [0.25, 0.3) is 0 Å². The van der Waals surface area contributed by atoms with Crippen LogP contribution in [0.25, 0.3) is 11.6 Å². The molecule has 1 atom stereocenters. The fourth-order valence-electron chi connectivity index (χ4n) is 2.41. The predicted molar refractivity (Wildman–Crippen MR) is 107 cm³/mol. The number of nitrogens with two attached hydrogens (primary N) is 1. The molecule has 2 heterocycles. The van der Waals surface area contributed by atoms with Crippen LogP contribution in [0.1, 0.15) is 13.3 Å². The summed E-state index contributed by atoms with van der Waals surface area (Å²) in [4.78, 5) is 23.7. The standard InChI is InChI=1S/C18H18ClN5O3S/c1-11(17(26)21-13-5-2-4-12(19)10-13)28-18-23-22-16(14-6-3-9-27-14)24(18)8-7-15(20)25/h2-6,9-11H,7-8H2,1H3,(H2,20,25)(H,21,26). The van der Waals surface area contributed by atoms with E-state index in [9.17, 15) is 9.59 Å². The number of hydrogen-bond donors (Lipinski definition) is 2. The van der Waals surface area contributed by atoms with Crippen LogP contribution in [0.4, 0.5) is 5.69 Å². The van der Waals surface area contributed by atoms with Crippen molar-refractivity contribution < 1.29 is 14.0 Å². The Kier molecular flexibility index (Phi) is 6.37. The van der Waals surface area contributed by atoms with Crippen molar-refractivity contribution in [3.63, 3.8) is 0 Å². The molecule has 0 saturated carbocycles. The maximum Gasteiger partial charge on any atom is 0.237 e. The maximum atomic E-state index is 12.5. The zero-order valence-corrected chi connectivity index (χ0v) is 16.5. The molecule has 28 heavy (non-hydrogen) atoms. The minimum atomic E-state index is -0.472. The van der Waals surface area contributed by atoms with E-state index in [4.69, 9.17) is 21.8 Å². The molecule has 3 aromatic rings. The number of thioether (sulfide) groups is 1. The van der Waals surface area contributed by atoms with Crippen molar-refractivity contribution >= 4 is 40.9 Å². The first-order chi connectivity index (χ1) is 13.4. The lowest BCUT2D eigenvalue weighted by Gasteiger charge is -2.13. The van der Waals surface area contributed by atoms with E-state index >= 15 is 0 Å². The number of carbonyl (C=O) groups is 2. The van der Waals surface area contributed by atoms with E-state index in [2.05, 4.69) is 15.5 Å². The molecule has 1 unspecified atom stereocenters. The van der Waals surface area contributed by atoms with Crippen LogP contribution in [-0.4, -0.2) is 31.8 Å². The summed E-state index contributed by atoms with van der Waals surface area (Å²) in [6.07, 6.45) is 1.64. The molecule has 0 saturated heterocycles. The number of benzene rings is 1. The summed E-state index contributed by atoms with van der Waals surface area (Å²) in [5, 5.41) is 11.7. The number of anilines is 1. The summed E-state index contributed by atoms with van der Waals surface area (Å²) >= 11 is 7.17. The molecule has 0 spiro atoms. The number of carbonyl (C=O) groups excluding carboxylic acids is 2. The zero-order valence-electron chi connectivity index (χ0n) is 15.0. The van der Waals surface area contributed by atoms with Crippen LogP contribution in [0.5, 0.6) is 0 Å². The number of primary amides is 1. The Hall–Kier alpha value is -2.78. The van der Waals surface area contributed by atoms with E-state index in [1.165, 1.54) is 18.0 Å².